The van der Waals surface area contributed by atoms with Gasteiger partial charge in [-0.2, -0.15) is 0 Å². The number of hydrogen-bond acceptors (Lipinski definition) is 4. The van der Waals surface area contributed by atoms with Crippen molar-refractivity contribution in [1.29, 1.82) is 0 Å². The van der Waals surface area contributed by atoms with Crippen molar-refractivity contribution in [1.82, 2.24) is 9.80 Å². The normalized spacial score (nSPS) is 17.3. The van der Waals surface area contributed by atoms with Crippen molar-refractivity contribution in [2.75, 3.05) is 26.7 Å². The molecule has 1 aromatic heterocycles. The second-order valence-electron chi connectivity index (χ2n) is 7.48. The van der Waals surface area contributed by atoms with Crippen LogP contribution in [0.3, 0.4) is 0 Å². The fraction of sp³-hybridized carbons (Fsp3) is 0.250. The molecule has 2 aromatic carbocycles. The van der Waals surface area contributed by atoms with Crippen molar-refractivity contribution in [3.63, 3.8) is 0 Å². The van der Waals surface area contributed by atoms with Crippen LogP contribution in [-0.2, 0) is 0 Å². The quantitative estimate of drug-likeness (QED) is 0.626. The number of amides is 1. The lowest BCUT2D eigenvalue weighted by Crippen LogP contribution is -2.49. The van der Waals surface area contributed by atoms with E-state index >= 15 is 0 Å². The second kappa shape index (κ2) is 8.05. The molecule has 0 saturated carbocycles. The van der Waals surface area contributed by atoms with Gasteiger partial charge >= 0.3 is 0 Å². The first-order valence-electron chi connectivity index (χ1n) is 9.78. The Morgan fingerprint density at radius 2 is 1.66 bits per heavy atom. The van der Waals surface area contributed by atoms with Crippen LogP contribution in [0.15, 0.2) is 71.1 Å². The van der Waals surface area contributed by atoms with Gasteiger partial charge in [-0.15, -0.1) is 0 Å². The van der Waals surface area contributed by atoms with E-state index in [0.717, 1.165) is 24.2 Å². The Labute approximate surface area is 170 Å². The zero-order valence-corrected chi connectivity index (χ0v) is 16.7. The fourth-order valence-electron chi connectivity index (χ4n) is 3.74. The number of ketones is 1. The van der Waals surface area contributed by atoms with Crippen LogP contribution in [0.2, 0.25) is 0 Å². The van der Waals surface area contributed by atoms with Gasteiger partial charge in [0.25, 0.3) is 5.91 Å². The summed E-state index contributed by atoms with van der Waals surface area (Å²) in [7, 11) is 2.08. The van der Waals surface area contributed by atoms with E-state index in [2.05, 4.69) is 24.1 Å². The largest absolute Gasteiger partial charge is 0.451 e. The first-order valence-corrected chi connectivity index (χ1v) is 9.78. The number of benzene rings is 2. The third-order valence-electron chi connectivity index (χ3n) is 5.42. The van der Waals surface area contributed by atoms with Gasteiger partial charge in [-0.25, -0.2) is 0 Å². The van der Waals surface area contributed by atoms with Crippen molar-refractivity contribution in [2.45, 2.75) is 13.0 Å². The highest BCUT2D eigenvalue weighted by Crippen LogP contribution is 2.29. The van der Waals surface area contributed by atoms with Gasteiger partial charge in [0.2, 0.25) is 0 Å². The van der Waals surface area contributed by atoms with E-state index in [-0.39, 0.29) is 17.7 Å². The molecule has 1 atom stereocenters. The maximum absolute atomic E-state index is 13.2. The highest BCUT2D eigenvalue weighted by Gasteiger charge is 2.32. The van der Waals surface area contributed by atoms with E-state index in [4.69, 9.17) is 4.42 Å². The van der Waals surface area contributed by atoms with Gasteiger partial charge < -0.3 is 14.2 Å². The third kappa shape index (κ3) is 4.00. The number of furan rings is 1. The maximum atomic E-state index is 13.2. The molecule has 29 heavy (non-hydrogen) atoms. The Balaban J connectivity index is 1.58. The minimum absolute atomic E-state index is 0.00847. The van der Waals surface area contributed by atoms with E-state index in [1.165, 1.54) is 6.92 Å². The summed E-state index contributed by atoms with van der Waals surface area (Å²) in [6.07, 6.45) is 0. The van der Waals surface area contributed by atoms with Gasteiger partial charge in [0.1, 0.15) is 5.76 Å². The van der Waals surface area contributed by atoms with Crippen LogP contribution in [0.4, 0.5) is 0 Å². The van der Waals surface area contributed by atoms with Crippen LogP contribution in [-0.4, -0.2) is 48.2 Å². The van der Waals surface area contributed by atoms with Gasteiger partial charge in [-0.05, 0) is 31.7 Å². The molecular weight excluding hydrogens is 364 g/mol. The molecule has 1 unspecified atom stereocenters. The molecular formula is C24H24N2O3. The van der Waals surface area contributed by atoms with Crippen molar-refractivity contribution in [3.8, 4) is 11.3 Å². The fourth-order valence-corrected chi connectivity index (χ4v) is 3.74. The molecule has 3 aromatic rings. The molecule has 0 N–H and O–H groups in total. The molecule has 0 radical (unpaired) electrons. The number of Topliss-reactive ketones (excluding diaryl/α,β-unsaturated/α-hetero) is 1. The van der Waals surface area contributed by atoms with Crippen molar-refractivity contribution in [2.24, 2.45) is 0 Å². The van der Waals surface area contributed by atoms with Crippen LogP contribution in [0.25, 0.3) is 11.3 Å². The molecule has 4 rings (SSSR count). The Bertz CT molecular complexity index is 1010. The average molecular weight is 388 g/mol. The molecule has 1 fully saturated rings. The first kappa shape index (κ1) is 19.2. The summed E-state index contributed by atoms with van der Waals surface area (Å²) in [4.78, 5) is 28.8. The second-order valence-corrected chi connectivity index (χ2v) is 7.48. The van der Waals surface area contributed by atoms with Crippen LogP contribution < -0.4 is 0 Å². The minimum Gasteiger partial charge on any atom is -0.451 e. The van der Waals surface area contributed by atoms with Crippen LogP contribution >= 0.6 is 0 Å². The predicted molar refractivity (Wildman–Crippen MR) is 112 cm³/mol. The van der Waals surface area contributed by atoms with Gasteiger partial charge in [0.15, 0.2) is 11.5 Å². The van der Waals surface area contributed by atoms with E-state index in [0.29, 0.717) is 23.6 Å². The summed E-state index contributed by atoms with van der Waals surface area (Å²) in [6, 6.07) is 20.9. The van der Waals surface area contributed by atoms with Crippen LogP contribution in [0, 0.1) is 0 Å². The molecule has 0 bridgehead atoms. The van der Waals surface area contributed by atoms with Crippen molar-refractivity contribution < 1.29 is 14.0 Å². The van der Waals surface area contributed by atoms with Gasteiger partial charge in [0.05, 0.1) is 6.04 Å². The molecule has 1 amide bonds. The molecule has 1 saturated heterocycles. The SMILES string of the molecule is CC(=O)c1ccc(-c2ccc(C(=O)N3CCN(C)CC3c3ccccc3)o2)cc1. The molecule has 0 aliphatic carbocycles. The van der Waals surface area contributed by atoms with Crippen molar-refractivity contribution >= 4 is 11.7 Å². The molecule has 1 aliphatic rings. The summed E-state index contributed by atoms with van der Waals surface area (Å²) in [5.74, 6) is 0.877. The Morgan fingerprint density at radius 3 is 2.34 bits per heavy atom. The minimum atomic E-state index is -0.0986. The smallest absolute Gasteiger partial charge is 0.290 e. The number of nitrogens with zero attached hydrogens (tertiary/aromatic N) is 2. The summed E-state index contributed by atoms with van der Waals surface area (Å²) < 4.78 is 5.91. The monoisotopic (exact) mass is 388 g/mol. The summed E-state index contributed by atoms with van der Waals surface area (Å²) >= 11 is 0. The van der Waals surface area contributed by atoms with Gasteiger partial charge in [0, 0.05) is 30.8 Å². The number of rotatable bonds is 4. The zero-order valence-electron chi connectivity index (χ0n) is 16.7. The number of likely N-dealkylation sites (N-methyl/N-ethyl adjacent to an activating group) is 1. The number of carbonyl (C=O) groups is 2. The third-order valence-corrected chi connectivity index (χ3v) is 5.42. The Kier molecular flexibility index (Phi) is 5.32. The number of carbonyl (C=O) groups excluding carboxylic acids is 2. The predicted octanol–water partition coefficient (Wildman–Crippen LogP) is 4.28. The van der Waals surface area contributed by atoms with E-state index in [9.17, 15) is 9.59 Å². The van der Waals surface area contributed by atoms with Gasteiger partial charge in [-0.1, -0.05) is 54.6 Å². The van der Waals surface area contributed by atoms with E-state index < -0.39 is 0 Å². The average Bonchev–Trinajstić information content (AvgIpc) is 3.24. The molecule has 0 spiro atoms. The lowest BCUT2D eigenvalue weighted by molar-refractivity contribution is 0.0468. The lowest BCUT2D eigenvalue weighted by atomic mass is 10.0. The zero-order chi connectivity index (χ0) is 20.4. The van der Waals surface area contributed by atoms with Crippen molar-refractivity contribution in [3.05, 3.63) is 83.6 Å². The lowest BCUT2D eigenvalue weighted by Gasteiger charge is -2.40. The van der Waals surface area contributed by atoms with E-state index in [1.54, 1.807) is 18.2 Å². The van der Waals surface area contributed by atoms with Gasteiger partial charge in [-0.3, -0.25) is 9.59 Å². The standard InChI is InChI=1S/C24H24N2O3/c1-17(27)18-8-10-20(11-9-18)22-12-13-23(29-22)24(28)26-15-14-25(2)16-21(26)19-6-4-3-5-7-19/h3-13,21H,14-16H2,1-2H3. The molecule has 5 nitrogen and oxygen atoms in total. The molecule has 148 valence electrons. The Hall–Kier alpha value is -3.18. The summed E-state index contributed by atoms with van der Waals surface area (Å²) in [6.45, 7) is 3.81. The Morgan fingerprint density at radius 1 is 0.931 bits per heavy atom. The number of piperazine rings is 1. The van der Waals surface area contributed by atoms with Crippen LogP contribution in [0.1, 0.15) is 39.4 Å². The molecule has 1 aliphatic heterocycles. The molecule has 2 heterocycles. The summed E-state index contributed by atoms with van der Waals surface area (Å²) in [5.41, 5.74) is 2.62. The first-order chi connectivity index (χ1) is 14.0. The number of hydrogen-bond donors (Lipinski definition) is 0. The summed E-state index contributed by atoms with van der Waals surface area (Å²) in [5, 5.41) is 0. The topological polar surface area (TPSA) is 53.8 Å². The van der Waals surface area contributed by atoms with E-state index in [1.807, 2.05) is 41.3 Å². The maximum Gasteiger partial charge on any atom is 0.290 e. The highest BCUT2D eigenvalue weighted by atomic mass is 16.4. The van der Waals surface area contributed by atoms with Crippen LogP contribution in [0.5, 0.6) is 0 Å². The molecule has 5 heteroatoms. The highest BCUT2D eigenvalue weighted by molar-refractivity contribution is 5.94.